The van der Waals surface area contributed by atoms with Gasteiger partial charge >= 0.3 is 0 Å². The summed E-state index contributed by atoms with van der Waals surface area (Å²) < 4.78 is 15.5. The minimum absolute atomic E-state index is 0.116. The normalized spacial score (nSPS) is 11.0. The van der Waals surface area contributed by atoms with Gasteiger partial charge in [-0.2, -0.15) is 0 Å². The van der Waals surface area contributed by atoms with Crippen LogP contribution in [0.5, 0.6) is 0 Å². The van der Waals surface area contributed by atoms with Gasteiger partial charge in [-0.05, 0) is 72.6 Å². The zero-order valence-electron chi connectivity index (χ0n) is 16.6. The molecule has 4 aromatic rings. The van der Waals surface area contributed by atoms with Gasteiger partial charge in [0.05, 0.1) is 5.69 Å². The molecule has 0 aliphatic rings. The van der Waals surface area contributed by atoms with Crippen LogP contribution in [0.4, 0.5) is 10.2 Å². The molecule has 0 spiro atoms. The summed E-state index contributed by atoms with van der Waals surface area (Å²) in [5.41, 5.74) is 9.95. The second-order valence-electron chi connectivity index (χ2n) is 7.03. The molecule has 7 heteroatoms. The maximum Gasteiger partial charge on any atom is 0.225 e. The number of carbonyl (C=O) groups excluding carboxylic acids is 1. The first-order valence-corrected chi connectivity index (χ1v) is 9.74. The second-order valence-corrected chi connectivity index (χ2v) is 7.03. The Hall–Kier alpha value is -3.58. The SMILES string of the molecule is Cn1c(-c2ccc(F)cc2)c(-c2ccncc2)c2ccc(NC(=O)CCCN)nc21. The van der Waals surface area contributed by atoms with Crippen LogP contribution in [0.2, 0.25) is 0 Å². The van der Waals surface area contributed by atoms with Crippen LogP contribution in [0, 0.1) is 5.82 Å². The molecule has 30 heavy (non-hydrogen) atoms. The Bertz CT molecular complexity index is 1190. The molecule has 3 N–H and O–H groups in total. The van der Waals surface area contributed by atoms with Gasteiger partial charge in [-0.15, -0.1) is 0 Å². The van der Waals surface area contributed by atoms with Gasteiger partial charge in [-0.25, -0.2) is 9.37 Å². The lowest BCUT2D eigenvalue weighted by molar-refractivity contribution is -0.116. The zero-order chi connectivity index (χ0) is 21.1. The molecule has 0 saturated heterocycles. The fraction of sp³-hybridized carbons (Fsp3) is 0.174. The van der Waals surface area contributed by atoms with Crippen molar-refractivity contribution in [2.45, 2.75) is 12.8 Å². The fourth-order valence-electron chi connectivity index (χ4n) is 3.59. The highest BCUT2D eigenvalue weighted by atomic mass is 19.1. The number of carbonyl (C=O) groups is 1. The van der Waals surface area contributed by atoms with Crippen molar-refractivity contribution >= 4 is 22.8 Å². The Balaban J connectivity index is 1.87. The zero-order valence-corrected chi connectivity index (χ0v) is 16.6. The Morgan fingerprint density at radius 1 is 1.07 bits per heavy atom. The third kappa shape index (κ3) is 3.79. The predicted octanol–water partition coefficient (Wildman–Crippen LogP) is 4.12. The number of nitrogens with two attached hydrogens (primary N) is 1. The highest BCUT2D eigenvalue weighted by molar-refractivity contribution is 6.04. The molecule has 0 atom stereocenters. The third-order valence-electron chi connectivity index (χ3n) is 5.00. The molecule has 0 aliphatic carbocycles. The van der Waals surface area contributed by atoms with Gasteiger partial charge in [0.1, 0.15) is 17.3 Å². The summed E-state index contributed by atoms with van der Waals surface area (Å²) in [6.45, 7) is 0.466. The average molecular weight is 403 g/mol. The summed E-state index contributed by atoms with van der Waals surface area (Å²) in [4.78, 5) is 20.9. The molecular formula is C23H22FN5O. The van der Waals surface area contributed by atoms with E-state index in [1.54, 1.807) is 30.6 Å². The van der Waals surface area contributed by atoms with Gasteiger partial charge in [-0.1, -0.05) is 0 Å². The van der Waals surface area contributed by atoms with Crippen molar-refractivity contribution in [3.05, 3.63) is 66.7 Å². The summed E-state index contributed by atoms with van der Waals surface area (Å²) in [6, 6.07) is 14.0. The Kier molecular flexibility index (Phi) is 5.54. The molecule has 3 heterocycles. The molecule has 0 bridgehead atoms. The molecule has 1 amide bonds. The quantitative estimate of drug-likeness (QED) is 0.507. The van der Waals surface area contributed by atoms with Crippen molar-refractivity contribution in [3.63, 3.8) is 0 Å². The van der Waals surface area contributed by atoms with E-state index in [2.05, 4.69) is 15.3 Å². The van der Waals surface area contributed by atoms with Gasteiger partial charge in [0.15, 0.2) is 0 Å². The van der Waals surface area contributed by atoms with Crippen LogP contribution in [-0.4, -0.2) is 27.0 Å². The molecule has 1 aromatic carbocycles. The maximum absolute atomic E-state index is 13.5. The molecular weight excluding hydrogens is 381 g/mol. The predicted molar refractivity (Wildman–Crippen MR) is 116 cm³/mol. The standard InChI is InChI=1S/C23H22FN5O/c1-29-22(16-4-6-17(24)7-5-16)21(15-10-13-26-14-11-15)18-8-9-19(28-23(18)29)27-20(30)3-2-12-25/h4-11,13-14H,2-3,12,25H2,1H3,(H,27,28,30). The van der Waals surface area contributed by atoms with Crippen LogP contribution >= 0.6 is 0 Å². The number of halogens is 1. The molecule has 0 saturated carbocycles. The number of anilines is 1. The molecule has 0 aliphatic heterocycles. The number of fused-ring (bicyclic) bond motifs is 1. The molecule has 0 unspecified atom stereocenters. The Labute approximate surface area is 173 Å². The maximum atomic E-state index is 13.5. The fourth-order valence-corrected chi connectivity index (χ4v) is 3.59. The molecule has 3 aromatic heterocycles. The number of hydrogen-bond acceptors (Lipinski definition) is 4. The van der Waals surface area contributed by atoms with Crippen molar-refractivity contribution in [3.8, 4) is 22.4 Å². The first kappa shape index (κ1) is 19.7. The Morgan fingerprint density at radius 2 is 1.80 bits per heavy atom. The number of nitrogens with one attached hydrogen (secondary N) is 1. The number of rotatable bonds is 6. The summed E-state index contributed by atoms with van der Waals surface area (Å²) in [5.74, 6) is 0.0789. The lowest BCUT2D eigenvalue weighted by atomic mass is 9.99. The van der Waals surface area contributed by atoms with Crippen LogP contribution in [0.1, 0.15) is 12.8 Å². The Morgan fingerprint density at radius 3 is 2.50 bits per heavy atom. The van der Waals surface area contributed by atoms with E-state index in [0.29, 0.717) is 25.2 Å². The van der Waals surface area contributed by atoms with Gasteiger partial charge in [-0.3, -0.25) is 9.78 Å². The van der Waals surface area contributed by atoms with E-state index in [1.807, 2.05) is 29.8 Å². The summed E-state index contributed by atoms with van der Waals surface area (Å²) in [6.07, 6.45) is 4.45. The van der Waals surface area contributed by atoms with Gasteiger partial charge in [0.2, 0.25) is 5.91 Å². The van der Waals surface area contributed by atoms with Crippen molar-refractivity contribution in [1.82, 2.24) is 14.5 Å². The van der Waals surface area contributed by atoms with E-state index in [9.17, 15) is 9.18 Å². The van der Waals surface area contributed by atoms with E-state index < -0.39 is 0 Å². The first-order valence-electron chi connectivity index (χ1n) is 9.74. The van der Waals surface area contributed by atoms with E-state index in [-0.39, 0.29) is 11.7 Å². The minimum Gasteiger partial charge on any atom is -0.330 e. The number of benzene rings is 1. The van der Waals surface area contributed by atoms with E-state index in [4.69, 9.17) is 5.73 Å². The molecule has 0 fully saturated rings. The monoisotopic (exact) mass is 403 g/mol. The van der Waals surface area contributed by atoms with Crippen molar-refractivity contribution in [2.75, 3.05) is 11.9 Å². The lowest BCUT2D eigenvalue weighted by Gasteiger charge is -2.08. The van der Waals surface area contributed by atoms with E-state index in [1.165, 1.54) is 12.1 Å². The third-order valence-corrected chi connectivity index (χ3v) is 5.00. The number of aromatic nitrogens is 3. The van der Waals surface area contributed by atoms with Gasteiger partial charge in [0.25, 0.3) is 0 Å². The van der Waals surface area contributed by atoms with Crippen LogP contribution in [0.15, 0.2) is 60.9 Å². The average Bonchev–Trinajstić information content (AvgIpc) is 3.05. The van der Waals surface area contributed by atoms with Crippen LogP contribution in [-0.2, 0) is 11.8 Å². The van der Waals surface area contributed by atoms with E-state index in [0.717, 1.165) is 33.4 Å². The van der Waals surface area contributed by atoms with E-state index >= 15 is 0 Å². The van der Waals surface area contributed by atoms with Crippen LogP contribution < -0.4 is 11.1 Å². The first-order chi connectivity index (χ1) is 14.6. The smallest absolute Gasteiger partial charge is 0.225 e. The minimum atomic E-state index is -0.288. The highest BCUT2D eigenvalue weighted by Crippen LogP contribution is 2.40. The van der Waals surface area contributed by atoms with Crippen molar-refractivity contribution in [1.29, 1.82) is 0 Å². The topological polar surface area (TPSA) is 85.8 Å². The van der Waals surface area contributed by atoms with Crippen LogP contribution in [0.3, 0.4) is 0 Å². The summed E-state index contributed by atoms with van der Waals surface area (Å²) >= 11 is 0. The molecule has 0 radical (unpaired) electrons. The molecule has 152 valence electrons. The largest absolute Gasteiger partial charge is 0.330 e. The molecule has 6 nitrogen and oxygen atoms in total. The van der Waals surface area contributed by atoms with Gasteiger partial charge in [0, 0.05) is 36.8 Å². The van der Waals surface area contributed by atoms with Crippen LogP contribution in [0.25, 0.3) is 33.4 Å². The second kappa shape index (κ2) is 8.42. The van der Waals surface area contributed by atoms with Gasteiger partial charge < -0.3 is 15.6 Å². The number of amides is 1. The van der Waals surface area contributed by atoms with Crippen molar-refractivity contribution < 1.29 is 9.18 Å². The number of hydrogen-bond donors (Lipinski definition) is 2. The molecule has 4 rings (SSSR count). The summed E-state index contributed by atoms with van der Waals surface area (Å²) in [5, 5.41) is 3.77. The number of aryl methyl sites for hydroxylation is 1. The lowest BCUT2D eigenvalue weighted by Crippen LogP contribution is -2.14. The number of pyridine rings is 2. The summed E-state index contributed by atoms with van der Waals surface area (Å²) in [7, 11) is 1.92. The highest BCUT2D eigenvalue weighted by Gasteiger charge is 2.20. The van der Waals surface area contributed by atoms with Crippen molar-refractivity contribution in [2.24, 2.45) is 12.8 Å². The number of nitrogens with zero attached hydrogens (tertiary/aromatic N) is 3.